The monoisotopic (exact) mass is 535 g/mol. The first kappa shape index (κ1) is 23.6. The van der Waals surface area contributed by atoms with Crippen LogP contribution in [0.2, 0.25) is 0 Å². The summed E-state index contributed by atoms with van der Waals surface area (Å²) in [6.07, 6.45) is 0.180. The zero-order valence-electron chi connectivity index (χ0n) is 19.5. The number of rotatable bonds is 6. The van der Waals surface area contributed by atoms with E-state index in [4.69, 9.17) is 4.74 Å². The standard InChI is InChI=1S/C22H23F2N7O3S2/c1-12-10-30(7-8-34-12)18-16-14-4-3-13(36(32,33)29-22(2)5-6-22)9-15(14)31(19(16)26-11-25-18)21-28-27-20(35-21)17(23)24/h3-4,9,11-12,17,29H,5-8,10H2,1-2H3/t12-/m0/s1. The molecule has 6 rings (SSSR count). The van der Waals surface area contributed by atoms with Gasteiger partial charge in [-0.2, -0.15) is 0 Å². The highest BCUT2D eigenvalue weighted by Crippen LogP contribution is 2.40. The van der Waals surface area contributed by atoms with Crippen LogP contribution in [0, 0.1) is 0 Å². The number of hydrogen-bond donors (Lipinski definition) is 1. The van der Waals surface area contributed by atoms with Gasteiger partial charge in [-0.15, -0.1) is 10.2 Å². The molecule has 190 valence electrons. The molecule has 0 amide bonds. The van der Waals surface area contributed by atoms with Gasteiger partial charge in [-0.05, 0) is 38.8 Å². The average molecular weight is 536 g/mol. The van der Waals surface area contributed by atoms with Crippen LogP contribution in [0.5, 0.6) is 0 Å². The Morgan fingerprint density at radius 2 is 2.06 bits per heavy atom. The number of fused-ring (bicyclic) bond motifs is 3. The van der Waals surface area contributed by atoms with Gasteiger partial charge < -0.3 is 9.64 Å². The number of sulfonamides is 1. The van der Waals surface area contributed by atoms with E-state index in [2.05, 4.69) is 29.8 Å². The van der Waals surface area contributed by atoms with Crippen molar-refractivity contribution in [2.75, 3.05) is 24.6 Å². The number of nitrogens with one attached hydrogen (secondary N) is 1. The van der Waals surface area contributed by atoms with E-state index in [-0.39, 0.29) is 16.1 Å². The molecule has 1 saturated carbocycles. The van der Waals surface area contributed by atoms with Gasteiger partial charge in [-0.3, -0.25) is 4.57 Å². The number of hydrogen-bond acceptors (Lipinski definition) is 9. The SMILES string of the molecule is C[C@H]1CN(c2ncnc3c2c2ccc(S(=O)(=O)NC4(C)CC4)cc2n3-c2nnc(C(F)F)s2)CCO1. The summed E-state index contributed by atoms with van der Waals surface area (Å²) >= 11 is 0.735. The predicted octanol–water partition coefficient (Wildman–Crippen LogP) is 3.42. The molecule has 3 aromatic heterocycles. The molecule has 1 aromatic carbocycles. The number of anilines is 1. The van der Waals surface area contributed by atoms with Crippen molar-refractivity contribution in [1.82, 2.24) is 29.5 Å². The maximum atomic E-state index is 13.3. The van der Waals surface area contributed by atoms with Crippen LogP contribution >= 0.6 is 11.3 Å². The molecular formula is C22H23F2N7O3S2. The van der Waals surface area contributed by atoms with Gasteiger partial charge in [-0.25, -0.2) is 31.9 Å². The summed E-state index contributed by atoms with van der Waals surface area (Å²) in [7, 11) is -3.81. The quantitative estimate of drug-likeness (QED) is 0.400. The Hall–Kier alpha value is -2.81. The van der Waals surface area contributed by atoms with E-state index in [1.54, 1.807) is 16.7 Å². The second-order valence-corrected chi connectivity index (χ2v) is 12.1. The van der Waals surface area contributed by atoms with E-state index in [0.717, 1.165) is 24.2 Å². The van der Waals surface area contributed by atoms with Gasteiger partial charge in [0.05, 0.1) is 28.5 Å². The van der Waals surface area contributed by atoms with Gasteiger partial charge in [0.2, 0.25) is 15.2 Å². The molecule has 1 aliphatic carbocycles. The van der Waals surface area contributed by atoms with Crippen molar-refractivity contribution in [1.29, 1.82) is 0 Å². The Bertz CT molecular complexity index is 1580. The normalized spacial score (nSPS) is 20.0. The van der Waals surface area contributed by atoms with E-state index < -0.39 is 27.0 Å². The van der Waals surface area contributed by atoms with E-state index in [0.29, 0.717) is 47.5 Å². The number of alkyl halides is 2. The minimum absolute atomic E-state index is 0.000450. The smallest absolute Gasteiger partial charge is 0.291 e. The molecule has 1 atom stereocenters. The fraction of sp³-hybridized carbons (Fsp3) is 0.455. The fourth-order valence-electron chi connectivity index (χ4n) is 4.49. The average Bonchev–Trinajstić information content (AvgIpc) is 3.24. The summed E-state index contributed by atoms with van der Waals surface area (Å²) in [4.78, 5) is 11.2. The van der Waals surface area contributed by atoms with Crippen molar-refractivity contribution in [3.05, 3.63) is 29.5 Å². The molecule has 1 N–H and O–H groups in total. The molecule has 2 aliphatic rings. The molecule has 4 heterocycles. The molecular weight excluding hydrogens is 512 g/mol. The van der Waals surface area contributed by atoms with Crippen LogP contribution in [0.4, 0.5) is 14.6 Å². The lowest BCUT2D eigenvalue weighted by Crippen LogP contribution is -2.41. The highest BCUT2D eigenvalue weighted by atomic mass is 32.2. The molecule has 4 aromatic rings. The first-order valence-corrected chi connectivity index (χ1v) is 13.8. The van der Waals surface area contributed by atoms with Crippen LogP contribution < -0.4 is 9.62 Å². The fourth-order valence-corrected chi connectivity index (χ4v) is 6.69. The van der Waals surface area contributed by atoms with Crippen LogP contribution in [-0.4, -0.2) is 64.5 Å². The molecule has 14 heteroatoms. The lowest BCUT2D eigenvalue weighted by atomic mass is 10.2. The maximum absolute atomic E-state index is 13.3. The summed E-state index contributed by atoms with van der Waals surface area (Å²) in [6.45, 7) is 5.60. The molecule has 10 nitrogen and oxygen atoms in total. The molecule has 0 bridgehead atoms. The number of nitrogens with zero attached hydrogens (tertiary/aromatic N) is 6. The van der Waals surface area contributed by atoms with Crippen LogP contribution in [-0.2, 0) is 14.8 Å². The van der Waals surface area contributed by atoms with Crippen molar-refractivity contribution in [2.24, 2.45) is 0 Å². The Morgan fingerprint density at radius 3 is 2.75 bits per heavy atom. The van der Waals surface area contributed by atoms with E-state index in [1.807, 2.05) is 13.8 Å². The maximum Gasteiger partial charge on any atom is 0.291 e. The Morgan fingerprint density at radius 1 is 1.25 bits per heavy atom. The number of morpholine rings is 1. The lowest BCUT2D eigenvalue weighted by molar-refractivity contribution is 0.0530. The number of aromatic nitrogens is 5. The second-order valence-electron chi connectivity index (χ2n) is 9.43. The van der Waals surface area contributed by atoms with Crippen molar-refractivity contribution in [2.45, 2.75) is 49.7 Å². The first-order chi connectivity index (χ1) is 17.2. The molecule has 1 aliphatic heterocycles. The van der Waals surface area contributed by atoms with Crippen molar-refractivity contribution in [3.63, 3.8) is 0 Å². The summed E-state index contributed by atoms with van der Waals surface area (Å²) in [5.41, 5.74) is 0.453. The lowest BCUT2D eigenvalue weighted by Gasteiger charge is -2.32. The molecule has 0 spiro atoms. The van der Waals surface area contributed by atoms with Crippen LogP contribution in [0.1, 0.15) is 38.1 Å². The highest BCUT2D eigenvalue weighted by molar-refractivity contribution is 7.89. The number of ether oxygens (including phenoxy) is 1. The zero-order chi connectivity index (χ0) is 25.2. The molecule has 36 heavy (non-hydrogen) atoms. The number of benzene rings is 1. The predicted molar refractivity (Wildman–Crippen MR) is 130 cm³/mol. The minimum Gasteiger partial charge on any atom is -0.375 e. The second kappa shape index (κ2) is 8.36. The van der Waals surface area contributed by atoms with E-state index in [1.165, 1.54) is 12.4 Å². The van der Waals surface area contributed by atoms with Gasteiger partial charge in [0.1, 0.15) is 12.1 Å². The Labute approximate surface area is 209 Å². The summed E-state index contributed by atoms with van der Waals surface area (Å²) in [5, 5.41) is 8.73. The third-order valence-corrected chi connectivity index (χ3v) is 9.09. The topological polar surface area (TPSA) is 115 Å². The first-order valence-electron chi connectivity index (χ1n) is 11.5. The largest absolute Gasteiger partial charge is 0.375 e. The molecule has 0 radical (unpaired) electrons. The van der Waals surface area contributed by atoms with Crippen molar-refractivity contribution < 1.29 is 21.9 Å². The van der Waals surface area contributed by atoms with Crippen LogP contribution in [0.25, 0.3) is 27.1 Å². The third kappa shape index (κ3) is 4.01. The highest BCUT2D eigenvalue weighted by Gasteiger charge is 2.41. The van der Waals surface area contributed by atoms with E-state index in [9.17, 15) is 17.2 Å². The van der Waals surface area contributed by atoms with Gasteiger partial charge in [0.25, 0.3) is 6.43 Å². The van der Waals surface area contributed by atoms with Crippen molar-refractivity contribution in [3.8, 4) is 5.13 Å². The van der Waals surface area contributed by atoms with Gasteiger partial charge in [0, 0.05) is 24.0 Å². The van der Waals surface area contributed by atoms with E-state index >= 15 is 0 Å². The summed E-state index contributed by atoms with van der Waals surface area (Å²) < 4.78 is 63.0. The van der Waals surface area contributed by atoms with Gasteiger partial charge in [0.15, 0.2) is 10.7 Å². The zero-order valence-corrected chi connectivity index (χ0v) is 21.1. The summed E-state index contributed by atoms with van der Waals surface area (Å²) in [6, 6.07) is 4.79. The van der Waals surface area contributed by atoms with Crippen molar-refractivity contribution >= 4 is 49.1 Å². The number of halogens is 2. The van der Waals surface area contributed by atoms with Gasteiger partial charge >= 0.3 is 0 Å². The molecule has 0 unspecified atom stereocenters. The molecule has 2 fully saturated rings. The molecule has 1 saturated heterocycles. The Balaban J connectivity index is 1.60. The van der Waals surface area contributed by atoms with Crippen LogP contribution in [0.15, 0.2) is 29.4 Å². The third-order valence-electron chi connectivity index (χ3n) is 6.54. The Kier molecular flexibility index (Phi) is 5.48. The van der Waals surface area contributed by atoms with Gasteiger partial charge in [-0.1, -0.05) is 17.4 Å². The van der Waals surface area contributed by atoms with Crippen LogP contribution in [0.3, 0.4) is 0 Å². The summed E-state index contributed by atoms with van der Waals surface area (Å²) in [5.74, 6) is 0.664. The minimum atomic E-state index is -3.81.